The van der Waals surface area contributed by atoms with Gasteiger partial charge in [-0.15, -0.1) is 11.3 Å². The van der Waals surface area contributed by atoms with Crippen molar-refractivity contribution in [1.82, 2.24) is 5.32 Å². The van der Waals surface area contributed by atoms with Crippen LogP contribution in [-0.2, 0) is 27.4 Å². The maximum atomic E-state index is 12.9. The van der Waals surface area contributed by atoms with Crippen molar-refractivity contribution in [1.29, 1.82) is 0 Å². The van der Waals surface area contributed by atoms with Crippen LogP contribution in [0.15, 0.2) is 50.8 Å². The first-order valence-corrected chi connectivity index (χ1v) is 13.3. The van der Waals surface area contributed by atoms with Crippen molar-refractivity contribution in [2.24, 2.45) is 0 Å². The smallest absolute Gasteiger partial charge is 0.292 e. The number of furan rings is 1. The number of nitrogens with one attached hydrogen (secondary N) is 2. The topological polar surface area (TPSA) is 115 Å². The van der Waals surface area contributed by atoms with E-state index in [0.29, 0.717) is 23.7 Å². The number of rotatable bonds is 8. The van der Waals surface area contributed by atoms with E-state index in [0.717, 1.165) is 41.7 Å². The Hall–Kier alpha value is -2.95. The maximum absolute atomic E-state index is 12.9. The Morgan fingerprint density at radius 3 is 2.53 bits per heavy atom. The largest absolute Gasteiger partial charge is 0.439 e. The zero-order chi connectivity index (χ0) is 24.3. The molecule has 2 amide bonds. The molecule has 2 heterocycles. The zero-order valence-corrected chi connectivity index (χ0v) is 20.6. The molecular weight excluding hydrogens is 476 g/mol. The summed E-state index contributed by atoms with van der Waals surface area (Å²) in [6.45, 7) is 2.59. The molecule has 34 heavy (non-hydrogen) atoms. The number of anilines is 1. The van der Waals surface area contributed by atoms with E-state index in [2.05, 4.69) is 10.6 Å². The van der Waals surface area contributed by atoms with Gasteiger partial charge in [0, 0.05) is 18.5 Å². The molecule has 0 atom stereocenters. The maximum Gasteiger partial charge on any atom is 0.292 e. The second-order valence-corrected chi connectivity index (χ2v) is 11.0. The van der Waals surface area contributed by atoms with Gasteiger partial charge in [0.15, 0.2) is 5.76 Å². The summed E-state index contributed by atoms with van der Waals surface area (Å²) in [7, 11) is -2.34. The number of ether oxygens (including phenoxy) is 1. The molecular formula is C24H26N2O6S2. The molecule has 0 bridgehead atoms. The van der Waals surface area contributed by atoms with Gasteiger partial charge in [-0.05, 0) is 62.4 Å². The van der Waals surface area contributed by atoms with Crippen LogP contribution >= 0.6 is 11.3 Å². The molecule has 0 saturated carbocycles. The molecule has 1 aromatic carbocycles. The number of hydrogen-bond donors (Lipinski definition) is 2. The van der Waals surface area contributed by atoms with E-state index in [1.54, 1.807) is 19.2 Å². The minimum absolute atomic E-state index is 0.0837. The van der Waals surface area contributed by atoms with Crippen LogP contribution in [0.25, 0.3) is 0 Å². The third-order valence-corrected chi connectivity index (χ3v) is 8.47. The molecule has 0 fully saturated rings. The first-order valence-electron chi connectivity index (χ1n) is 11.0. The molecule has 2 N–H and O–H groups in total. The number of benzene rings is 1. The molecule has 0 aliphatic heterocycles. The summed E-state index contributed by atoms with van der Waals surface area (Å²) in [5.74, 6) is -1.04. The van der Waals surface area contributed by atoms with Crippen LogP contribution in [0.2, 0.25) is 0 Å². The molecule has 4 rings (SSSR count). The molecule has 1 aliphatic carbocycles. The Morgan fingerprint density at radius 1 is 1.06 bits per heavy atom. The average molecular weight is 503 g/mol. The van der Waals surface area contributed by atoms with E-state index in [-0.39, 0.29) is 21.7 Å². The highest BCUT2D eigenvalue weighted by atomic mass is 32.2. The predicted octanol–water partition coefficient (Wildman–Crippen LogP) is 3.99. The van der Waals surface area contributed by atoms with Crippen molar-refractivity contribution in [3.05, 3.63) is 63.7 Å². The highest BCUT2D eigenvalue weighted by Crippen LogP contribution is 2.38. The first-order chi connectivity index (χ1) is 16.3. The lowest BCUT2D eigenvalue weighted by Crippen LogP contribution is -2.28. The summed E-state index contributed by atoms with van der Waals surface area (Å²) in [4.78, 5) is 27.0. The fourth-order valence-electron chi connectivity index (χ4n) is 3.83. The van der Waals surface area contributed by atoms with Gasteiger partial charge in [0.2, 0.25) is 14.9 Å². The number of sulfone groups is 1. The Kier molecular flexibility index (Phi) is 7.20. The van der Waals surface area contributed by atoms with Gasteiger partial charge in [0.05, 0.1) is 17.1 Å². The fourth-order valence-corrected chi connectivity index (χ4v) is 6.29. The van der Waals surface area contributed by atoms with Crippen LogP contribution in [0.4, 0.5) is 5.00 Å². The normalized spacial score (nSPS) is 13.4. The van der Waals surface area contributed by atoms with Gasteiger partial charge in [-0.3, -0.25) is 9.59 Å². The van der Waals surface area contributed by atoms with Crippen LogP contribution in [0.1, 0.15) is 49.8 Å². The Balaban J connectivity index is 1.58. The molecule has 2 aromatic heterocycles. The van der Waals surface area contributed by atoms with E-state index in [1.807, 2.05) is 6.92 Å². The van der Waals surface area contributed by atoms with E-state index in [1.165, 1.54) is 35.6 Å². The van der Waals surface area contributed by atoms with Crippen LogP contribution < -0.4 is 10.6 Å². The van der Waals surface area contributed by atoms with Gasteiger partial charge in [-0.1, -0.05) is 17.7 Å². The first kappa shape index (κ1) is 24.2. The van der Waals surface area contributed by atoms with Gasteiger partial charge in [0.25, 0.3) is 11.8 Å². The molecule has 0 radical (unpaired) electrons. The second kappa shape index (κ2) is 10.1. The number of fused-ring (bicyclic) bond motifs is 1. The van der Waals surface area contributed by atoms with Crippen LogP contribution in [-0.4, -0.2) is 40.5 Å². The molecule has 0 unspecified atom stereocenters. The zero-order valence-electron chi connectivity index (χ0n) is 19.0. The summed E-state index contributed by atoms with van der Waals surface area (Å²) in [6.07, 6.45) is 3.64. The number of thiophene rings is 1. The predicted molar refractivity (Wildman–Crippen MR) is 128 cm³/mol. The Labute approximate surface area is 202 Å². The van der Waals surface area contributed by atoms with Gasteiger partial charge in [0.1, 0.15) is 5.00 Å². The van der Waals surface area contributed by atoms with Gasteiger partial charge >= 0.3 is 0 Å². The summed E-state index contributed by atoms with van der Waals surface area (Å²) in [5.41, 5.74) is 2.35. The standard InChI is InChI=1S/C24H26N2O6S2/c1-15-7-9-16(10-8-15)34(29,30)20-12-11-18(32-20)22(27)26-24-21(23(28)25-13-14-31-2)17-5-3-4-6-19(17)33-24/h7-12H,3-6,13-14H2,1-2H3,(H,25,28)(H,26,27). The lowest BCUT2D eigenvalue weighted by Gasteiger charge is -2.13. The van der Waals surface area contributed by atoms with Crippen molar-refractivity contribution in [2.45, 2.75) is 42.6 Å². The van der Waals surface area contributed by atoms with Crippen LogP contribution in [0.5, 0.6) is 0 Å². The SMILES string of the molecule is COCCNC(=O)c1c(NC(=O)c2ccc(S(=O)(=O)c3ccc(C)cc3)o2)sc2c1CCCC2. The number of amides is 2. The minimum atomic E-state index is -3.90. The van der Waals surface area contributed by atoms with Crippen molar-refractivity contribution in [3.63, 3.8) is 0 Å². The molecule has 180 valence electrons. The van der Waals surface area contributed by atoms with Crippen LogP contribution in [0.3, 0.4) is 0 Å². The quantitative estimate of drug-likeness (QED) is 0.450. The van der Waals surface area contributed by atoms with Gasteiger partial charge in [-0.25, -0.2) is 8.42 Å². The molecule has 1 aliphatic rings. The molecule has 10 heteroatoms. The third-order valence-electron chi connectivity index (χ3n) is 5.62. The summed E-state index contributed by atoms with van der Waals surface area (Å²) >= 11 is 1.38. The van der Waals surface area contributed by atoms with Crippen molar-refractivity contribution >= 4 is 38.0 Å². The minimum Gasteiger partial charge on any atom is -0.439 e. The molecule has 0 saturated heterocycles. The lowest BCUT2D eigenvalue weighted by atomic mass is 9.95. The average Bonchev–Trinajstić information content (AvgIpc) is 3.45. The van der Waals surface area contributed by atoms with E-state index < -0.39 is 15.7 Å². The number of methoxy groups -OCH3 is 1. The van der Waals surface area contributed by atoms with Crippen molar-refractivity contribution in [3.8, 4) is 0 Å². The third kappa shape index (κ3) is 4.94. The summed E-state index contributed by atoms with van der Waals surface area (Å²) in [5, 5.41) is 5.71. The number of carbonyl (C=O) groups is 2. The Bertz CT molecular complexity index is 1310. The van der Waals surface area contributed by atoms with Crippen molar-refractivity contribution in [2.75, 3.05) is 25.6 Å². The molecule has 8 nitrogen and oxygen atoms in total. The Morgan fingerprint density at radius 2 is 1.79 bits per heavy atom. The van der Waals surface area contributed by atoms with E-state index in [4.69, 9.17) is 9.15 Å². The monoisotopic (exact) mass is 502 g/mol. The second-order valence-electron chi connectivity index (χ2n) is 8.05. The molecule has 3 aromatic rings. The van der Waals surface area contributed by atoms with E-state index >= 15 is 0 Å². The molecule has 0 spiro atoms. The summed E-state index contributed by atoms with van der Waals surface area (Å²) < 4.78 is 36.1. The number of aryl methyl sites for hydroxylation is 2. The highest BCUT2D eigenvalue weighted by molar-refractivity contribution is 7.91. The summed E-state index contributed by atoms with van der Waals surface area (Å²) in [6, 6.07) is 8.97. The number of hydrogen-bond acceptors (Lipinski definition) is 7. The highest BCUT2D eigenvalue weighted by Gasteiger charge is 2.28. The number of carbonyl (C=O) groups excluding carboxylic acids is 2. The fraction of sp³-hybridized carbons (Fsp3) is 0.333. The van der Waals surface area contributed by atoms with Gasteiger partial charge < -0.3 is 19.8 Å². The van der Waals surface area contributed by atoms with Crippen molar-refractivity contribution < 1.29 is 27.2 Å². The van der Waals surface area contributed by atoms with Crippen LogP contribution in [0, 0.1) is 6.92 Å². The van der Waals surface area contributed by atoms with Gasteiger partial charge in [-0.2, -0.15) is 0 Å². The lowest BCUT2D eigenvalue weighted by molar-refractivity contribution is 0.0937. The van der Waals surface area contributed by atoms with E-state index in [9.17, 15) is 18.0 Å².